The van der Waals surface area contributed by atoms with Crippen LogP contribution in [0.15, 0.2) is 23.0 Å². The van der Waals surface area contributed by atoms with E-state index in [4.69, 9.17) is 9.47 Å². The van der Waals surface area contributed by atoms with E-state index in [-0.39, 0.29) is 11.1 Å². The van der Waals surface area contributed by atoms with Crippen molar-refractivity contribution in [1.82, 2.24) is 30.1 Å². The standard InChI is InChI=1S/C25H34N6O3/c1-4-25(2,3)31-23(27-28-29-31)16-30(19-8-6-5-7-9-19)15-18-12-17-13-21-22(34-11-10-33-21)14-20(17)26-24(18)32/h12-14,19H,4-11,15-16H2,1-3H3,(H,26,32). The first kappa shape index (κ1) is 22.8. The minimum atomic E-state index is -0.168. The van der Waals surface area contributed by atoms with Crippen LogP contribution < -0.4 is 15.0 Å². The van der Waals surface area contributed by atoms with Crippen LogP contribution in [0, 0.1) is 0 Å². The molecule has 2 aliphatic rings. The van der Waals surface area contributed by atoms with Gasteiger partial charge in [0.1, 0.15) is 13.2 Å². The van der Waals surface area contributed by atoms with Gasteiger partial charge in [0, 0.05) is 29.6 Å². The molecule has 1 aliphatic carbocycles. The first-order valence-electron chi connectivity index (χ1n) is 12.4. The lowest BCUT2D eigenvalue weighted by atomic mass is 9.93. The van der Waals surface area contributed by atoms with E-state index in [9.17, 15) is 4.79 Å². The Kier molecular flexibility index (Phi) is 6.29. The van der Waals surface area contributed by atoms with Gasteiger partial charge in [-0.15, -0.1) is 5.10 Å². The quantitative estimate of drug-likeness (QED) is 0.566. The molecule has 0 radical (unpaired) electrons. The minimum absolute atomic E-state index is 0.0709. The van der Waals surface area contributed by atoms with Crippen LogP contribution in [0.3, 0.4) is 0 Å². The number of fused-ring (bicyclic) bond motifs is 2. The number of pyridine rings is 1. The summed E-state index contributed by atoms with van der Waals surface area (Å²) < 4.78 is 13.4. The molecule has 3 aromatic rings. The highest BCUT2D eigenvalue weighted by Crippen LogP contribution is 2.34. The Bertz CT molecular complexity index is 1210. The number of nitrogens with one attached hydrogen (secondary N) is 1. The molecule has 34 heavy (non-hydrogen) atoms. The van der Waals surface area contributed by atoms with Crippen LogP contribution in [0.5, 0.6) is 11.5 Å². The molecular formula is C25H34N6O3. The summed E-state index contributed by atoms with van der Waals surface area (Å²) in [6.07, 6.45) is 6.88. The second-order valence-electron chi connectivity index (χ2n) is 10.1. The molecule has 0 amide bonds. The number of rotatable bonds is 7. The first-order valence-corrected chi connectivity index (χ1v) is 12.4. The number of benzene rings is 1. The number of aromatic nitrogens is 5. The normalized spacial score (nSPS) is 16.9. The van der Waals surface area contributed by atoms with E-state index >= 15 is 0 Å². The summed E-state index contributed by atoms with van der Waals surface area (Å²) in [5, 5.41) is 13.6. The molecule has 0 saturated heterocycles. The van der Waals surface area contributed by atoms with Crippen molar-refractivity contribution in [1.29, 1.82) is 0 Å². The van der Waals surface area contributed by atoms with Crippen molar-refractivity contribution in [3.05, 3.63) is 39.9 Å². The summed E-state index contributed by atoms with van der Waals surface area (Å²) >= 11 is 0. The van der Waals surface area contributed by atoms with Gasteiger partial charge in [-0.1, -0.05) is 26.2 Å². The predicted molar refractivity (Wildman–Crippen MR) is 129 cm³/mol. The fourth-order valence-electron chi connectivity index (χ4n) is 4.99. The summed E-state index contributed by atoms with van der Waals surface area (Å²) in [6, 6.07) is 6.20. The van der Waals surface area contributed by atoms with E-state index in [0.717, 1.165) is 47.3 Å². The van der Waals surface area contributed by atoms with E-state index in [1.165, 1.54) is 19.3 Å². The van der Waals surface area contributed by atoms with Gasteiger partial charge in [-0.2, -0.15) is 0 Å². The Morgan fingerprint density at radius 1 is 1.09 bits per heavy atom. The van der Waals surface area contributed by atoms with Gasteiger partial charge in [0.2, 0.25) is 0 Å². The molecule has 1 saturated carbocycles. The lowest BCUT2D eigenvalue weighted by Gasteiger charge is -2.34. The van der Waals surface area contributed by atoms with Crippen molar-refractivity contribution < 1.29 is 9.47 Å². The highest BCUT2D eigenvalue weighted by molar-refractivity contribution is 5.83. The number of H-pyrrole nitrogens is 1. The second kappa shape index (κ2) is 9.37. The van der Waals surface area contributed by atoms with E-state index in [0.29, 0.717) is 38.1 Å². The van der Waals surface area contributed by atoms with Crippen LogP contribution in [0.2, 0.25) is 0 Å². The van der Waals surface area contributed by atoms with Crippen LogP contribution in [-0.2, 0) is 18.6 Å². The average Bonchev–Trinajstić information content (AvgIpc) is 3.32. The van der Waals surface area contributed by atoms with Gasteiger partial charge in [0.15, 0.2) is 17.3 Å². The maximum atomic E-state index is 13.1. The van der Waals surface area contributed by atoms with Crippen LogP contribution in [-0.4, -0.2) is 49.3 Å². The van der Waals surface area contributed by atoms with Gasteiger partial charge in [-0.05, 0) is 55.7 Å². The number of hydrogen-bond acceptors (Lipinski definition) is 7. The summed E-state index contributed by atoms with van der Waals surface area (Å²) in [5.41, 5.74) is 1.26. The summed E-state index contributed by atoms with van der Waals surface area (Å²) in [4.78, 5) is 18.5. The molecular weight excluding hydrogens is 432 g/mol. The lowest BCUT2D eigenvalue weighted by molar-refractivity contribution is 0.129. The number of aromatic amines is 1. The Labute approximate surface area is 199 Å². The second-order valence-corrected chi connectivity index (χ2v) is 10.1. The Morgan fingerprint density at radius 2 is 1.82 bits per heavy atom. The SMILES string of the molecule is CCC(C)(C)n1nnnc1CN(Cc1cc2cc3c(cc2[nH]c1=O)OCCO3)C1CCCCC1. The summed E-state index contributed by atoms with van der Waals surface area (Å²) in [7, 11) is 0. The molecule has 1 aliphatic heterocycles. The van der Waals surface area contributed by atoms with E-state index < -0.39 is 0 Å². The molecule has 9 heteroatoms. The summed E-state index contributed by atoms with van der Waals surface area (Å²) in [5.74, 6) is 2.24. The van der Waals surface area contributed by atoms with E-state index in [2.05, 4.69) is 46.2 Å². The van der Waals surface area contributed by atoms with Crippen LogP contribution in [0.25, 0.3) is 10.9 Å². The number of ether oxygens (including phenoxy) is 2. The van der Waals surface area contributed by atoms with Crippen molar-refractivity contribution in [2.24, 2.45) is 0 Å². The molecule has 182 valence electrons. The highest BCUT2D eigenvalue weighted by atomic mass is 16.6. The largest absolute Gasteiger partial charge is 0.486 e. The van der Waals surface area contributed by atoms with Crippen LogP contribution >= 0.6 is 0 Å². The fourth-order valence-corrected chi connectivity index (χ4v) is 4.99. The molecule has 2 aromatic heterocycles. The molecule has 1 N–H and O–H groups in total. The van der Waals surface area contributed by atoms with Gasteiger partial charge in [-0.25, -0.2) is 4.68 Å². The Morgan fingerprint density at radius 3 is 2.56 bits per heavy atom. The fraction of sp³-hybridized carbons (Fsp3) is 0.600. The number of hydrogen-bond donors (Lipinski definition) is 1. The maximum absolute atomic E-state index is 13.1. The zero-order valence-corrected chi connectivity index (χ0v) is 20.3. The third-order valence-electron chi connectivity index (χ3n) is 7.37. The first-order chi connectivity index (χ1) is 16.4. The maximum Gasteiger partial charge on any atom is 0.252 e. The molecule has 1 fully saturated rings. The monoisotopic (exact) mass is 466 g/mol. The summed E-state index contributed by atoms with van der Waals surface area (Å²) in [6.45, 7) is 8.66. The highest BCUT2D eigenvalue weighted by Gasteiger charge is 2.28. The molecule has 0 unspecified atom stereocenters. The lowest BCUT2D eigenvalue weighted by Crippen LogP contribution is -2.39. The van der Waals surface area contributed by atoms with Gasteiger partial charge >= 0.3 is 0 Å². The van der Waals surface area contributed by atoms with E-state index in [1.54, 1.807) is 0 Å². The van der Waals surface area contributed by atoms with Gasteiger partial charge in [-0.3, -0.25) is 9.69 Å². The zero-order chi connectivity index (χ0) is 23.7. The number of tetrazole rings is 1. The van der Waals surface area contributed by atoms with Crippen molar-refractivity contribution in [2.75, 3.05) is 13.2 Å². The predicted octanol–water partition coefficient (Wildman–Crippen LogP) is 3.77. The zero-order valence-electron chi connectivity index (χ0n) is 20.3. The van der Waals surface area contributed by atoms with Gasteiger partial charge < -0.3 is 14.5 Å². The van der Waals surface area contributed by atoms with Gasteiger partial charge in [0.05, 0.1) is 17.6 Å². The molecule has 9 nitrogen and oxygen atoms in total. The average molecular weight is 467 g/mol. The van der Waals surface area contributed by atoms with Crippen molar-refractivity contribution in [3.8, 4) is 11.5 Å². The van der Waals surface area contributed by atoms with Crippen molar-refractivity contribution >= 4 is 10.9 Å². The molecule has 0 spiro atoms. The van der Waals surface area contributed by atoms with Gasteiger partial charge in [0.25, 0.3) is 5.56 Å². The molecule has 0 bridgehead atoms. The minimum Gasteiger partial charge on any atom is -0.486 e. The molecule has 3 heterocycles. The Balaban J connectivity index is 1.47. The molecule has 0 atom stereocenters. The third-order valence-corrected chi connectivity index (χ3v) is 7.37. The van der Waals surface area contributed by atoms with Crippen LogP contribution in [0.4, 0.5) is 0 Å². The Hall–Kier alpha value is -2.94. The van der Waals surface area contributed by atoms with Crippen molar-refractivity contribution in [2.45, 2.75) is 84.0 Å². The van der Waals surface area contributed by atoms with Crippen LogP contribution in [0.1, 0.15) is 70.7 Å². The molecule has 5 rings (SSSR count). The third kappa shape index (κ3) is 4.53. The topological polar surface area (TPSA) is 98.2 Å². The van der Waals surface area contributed by atoms with Crippen molar-refractivity contribution in [3.63, 3.8) is 0 Å². The molecule has 1 aromatic carbocycles. The smallest absolute Gasteiger partial charge is 0.252 e. The number of nitrogens with zero attached hydrogens (tertiary/aromatic N) is 5. The van der Waals surface area contributed by atoms with E-state index in [1.807, 2.05) is 22.9 Å².